The van der Waals surface area contributed by atoms with Gasteiger partial charge in [0.1, 0.15) is 0 Å². The molecule has 7 nitrogen and oxygen atoms in total. The summed E-state index contributed by atoms with van der Waals surface area (Å²) in [5.74, 6) is 0.207. The first-order chi connectivity index (χ1) is 18.3. The van der Waals surface area contributed by atoms with Crippen LogP contribution in [0, 0.1) is 0 Å². The van der Waals surface area contributed by atoms with Crippen LogP contribution in [0.15, 0.2) is 30.5 Å². The number of nitrogens with one attached hydrogen (secondary N) is 1. The minimum absolute atomic E-state index is 0.0709. The van der Waals surface area contributed by atoms with Gasteiger partial charge in [0.2, 0.25) is 5.91 Å². The van der Waals surface area contributed by atoms with Gasteiger partial charge < -0.3 is 15.1 Å². The van der Waals surface area contributed by atoms with Gasteiger partial charge in [-0.3, -0.25) is 14.3 Å². The molecule has 1 saturated carbocycles. The van der Waals surface area contributed by atoms with E-state index in [1.807, 2.05) is 9.58 Å². The Morgan fingerprint density at radius 2 is 1.71 bits per heavy atom. The fourth-order valence-corrected chi connectivity index (χ4v) is 6.57. The molecule has 1 aliphatic carbocycles. The van der Waals surface area contributed by atoms with Crippen LogP contribution < -0.4 is 5.32 Å². The molecule has 4 aliphatic rings. The summed E-state index contributed by atoms with van der Waals surface area (Å²) in [5.41, 5.74) is 0.946. The Balaban J connectivity index is 1.22. The van der Waals surface area contributed by atoms with Crippen molar-refractivity contribution in [1.82, 2.24) is 24.9 Å². The van der Waals surface area contributed by atoms with E-state index in [9.17, 15) is 22.8 Å². The summed E-state index contributed by atoms with van der Waals surface area (Å²) in [6, 6.07) is 5.04. The molecule has 204 valence electrons. The zero-order valence-corrected chi connectivity index (χ0v) is 21.4. The van der Waals surface area contributed by atoms with Crippen molar-refractivity contribution in [1.29, 1.82) is 0 Å². The Morgan fingerprint density at radius 1 is 0.947 bits per heavy atom. The third-order valence-corrected chi connectivity index (χ3v) is 8.65. The van der Waals surface area contributed by atoms with Crippen molar-refractivity contribution in [3.63, 3.8) is 0 Å². The highest BCUT2D eigenvalue weighted by Gasteiger charge is 2.42. The van der Waals surface area contributed by atoms with Crippen molar-refractivity contribution < 1.29 is 22.8 Å². The number of amides is 2. The maximum atomic E-state index is 13.9. The zero-order valence-electron chi connectivity index (χ0n) is 21.4. The van der Waals surface area contributed by atoms with Gasteiger partial charge in [0, 0.05) is 25.6 Å². The van der Waals surface area contributed by atoms with E-state index >= 15 is 0 Å². The largest absolute Gasteiger partial charge is 0.416 e. The summed E-state index contributed by atoms with van der Waals surface area (Å²) >= 11 is 0. The smallest absolute Gasteiger partial charge is 0.341 e. The Hall–Kier alpha value is -2.88. The maximum Gasteiger partial charge on any atom is 0.416 e. The molecule has 0 bridgehead atoms. The van der Waals surface area contributed by atoms with Crippen molar-refractivity contribution in [2.45, 2.75) is 81.6 Å². The summed E-state index contributed by atoms with van der Waals surface area (Å²) in [6.45, 7) is 2.65. The van der Waals surface area contributed by atoms with Gasteiger partial charge >= 0.3 is 6.18 Å². The number of alkyl halides is 3. The Bertz CT molecular complexity index is 1190. The first kappa shape index (κ1) is 25.4. The van der Waals surface area contributed by atoms with Crippen molar-refractivity contribution in [2.75, 3.05) is 26.2 Å². The molecule has 2 amide bonds. The highest BCUT2D eigenvalue weighted by atomic mass is 19.4. The number of rotatable bonds is 5. The second kappa shape index (κ2) is 10.0. The van der Waals surface area contributed by atoms with E-state index in [1.165, 1.54) is 12.1 Å². The fraction of sp³-hybridized carbons (Fsp3) is 0.607. The Morgan fingerprint density at radius 3 is 2.39 bits per heavy atom. The van der Waals surface area contributed by atoms with E-state index in [0.717, 1.165) is 56.8 Å². The zero-order chi connectivity index (χ0) is 26.4. The summed E-state index contributed by atoms with van der Waals surface area (Å²) in [6.07, 6.45) is 3.77. The molecule has 4 heterocycles. The van der Waals surface area contributed by atoms with Crippen LogP contribution in [0.25, 0.3) is 0 Å². The molecule has 1 aromatic carbocycles. The van der Waals surface area contributed by atoms with Crippen molar-refractivity contribution in [2.24, 2.45) is 0 Å². The van der Waals surface area contributed by atoms with Crippen LogP contribution in [0.2, 0.25) is 0 Å². The average Bonchev–Trinajstić information content (AvgIpc) is 3.32. The molecule has 2 atom stereocenters. The fourth-order valence-electron chi connectivity index (χ4n) is 6.57. The first-order valence-corrected chi connectivity index (χ1v) is 13.9. The van der Waals surface area contributed by atoms with Gasteiger partial charge in [0.25, 0.3) is 5.91 Å². The lowest BCUT2D eigenvalue weighted by molar-refractivity contribution is -0.138. The molecule has 1 aromatic heterocycles. The lowest BCUT2D eigenvalue weighted by Gasteiger charge is -2.34. The van der Waals surface area contributed by atoms with Crippen LogP contribution in [-0.4, -0.2) is 63.6 Å². The molecule has 2 unspecified atom stereocenters. The number of hydrogen-bond donors (Lipinski definition) is 1. The van der Waals surface area contributed by atoms with Gasteiger partial charge in [-0.25, -0.2) is 0 Å². The molecule has 0 spiro atoms. The molecule has 3 aliphatic heterocycles. The number of nitrogens with zero attached hydrogens (tertiary/aromatic N) is 4. The van der Waals surface area contributed by atoms with Crippen LogP contribution in [0.5, 0.6) is 0 Å². The van der Waals surface area contributed by atoms with E-state index < -0.39 is 17.8 Å². The van der Waals surface area contributed by atoms with E-state index in [-0.39, 0.29) is 35.4 Å². The van der Waals surface area contributed by atoms with Crippen LogP contribution in [0.3, 0.4) is 0 Å². The molecule has 3 saturated heterocycles. The second-order valence-electron chi connectivity index (χ2n) is 11.1. The third-order valence-electron chi connectivity index (χ3n) is 8.65. The normalized spacial score (nSPS) is 24.8. The number of carbonyl (C=O) groups excluding carboxylic acids is 2. The van der Waals surface area contributed by atoms with E-state index in [4.69, 9.17) is 0 Å². The van der Waals surface area contributed by atoms with Crippen molar-refractivity contribution in [3.8, 4) is 0 Å². The Labute approximate surface area is 220 Å². The maximum absolute atomic E-state index is 13.9. The topological polar surface area (TPSA) is 70.5 Å². The number of piperidine rings is 1. The molecule has 1 N–H and O–H groups in total. The van der Waals surface area contributed by atoms with Crippen LogP contribution in [-0.2, 0) is 11.0 Å². The molecule has 4 fully saturated rings. The van der Waals surface area contributed by atoms with Crippen molar-refractivity contribution >= 4 is 11.8 Å². The van der Waals surface area contributed by atoms with E-state index in [1.54, 1.807) is 17.2 Å². The number of carbonyl (C=O) groups is 2. The third kappa shape index (κ3) is 4.72. The number of aromatic nitrogens is 2. The second-order valence-corrected chi connectivity index (χ2v) is 11.1. The van der Waals surface area contributed by atoms with Gasteiger partial charge in [0.05, 0.1) is 41.1 Å². The lowest BCUT2D eigenvalue weighted by atomic mass is 9.97. The highest BCUT2D eigenvalue weighted by molar-refractivity contribution is 5.96. The predicted molar refractivity (Wildman–Crippen MR) is 135 cm³/mol. The average molecular weight is 530 g/mol. The van der Waals surface area contributed by atoms with Crippen LogP contribution >= 0.6 is 0 Å². The number of hydrogen-bond acceptors (Lipinski definition) is 4. The van der Waals surface area contributed by atoms with Crippen LogP contribution in [0.4, 0.5) is 13.2 Å². The van der Waals surface area contributed by atoms with Gasteiger partial charge in [-0.15, -0.1) is 0 Å². The first-order valence-electron chi connectivity index (χ1n) is 13.9. The van der Waals surface area contributed by atoms with Gasteiger partial charge in [-0.2, -0.15) is 18.3 Å². The molecule has 0 radical (unpaired) electrons. The molecule has 2 aromatic rings. The number of benzene rings is 1. The summed E-state index contributed by atoms with van der Waals surface area (Å²) in [4.78, 5) is 30.2. The summed E-state index contributed by atoms with van der Waals surface area (Å²) in [7, 11) is 0. The van der Waals surface area contributed by atoms with Gasteiger partial charge in [0.15, 0.2) is 0 Å². The van der Waals surface area contributed by atoms with Gasteiger partial charge in [-0.05, 0) is 69.5 Å². The molecular weight excluding hydrogens is 495 g/mol. The predicted octanol–water partition coefficient (Wildman–Crippen LogP) is 4.67. The monoisotopic (exact) mass is 529 g/mol. The highest BCUT2D eigenvalue weighted by Crippen LogP contribution is 2.45. The quantitative estimate of drug-likeness (QED) is 0.611. The minimum Gasteiger partial charge on any atom is -0.341 e. The Kier molecular flexibility index (Phi) is 6.70. The molecular formula is C28H34F3N5O2. The standard InChI is InChI=1S/C28H34F3N5O2/c29-28(30,31)22-6-2-1-5-20(22)24-8-4-14-35(24)26(37)21-17-33-36(25(21)18-9-10-18)19-11-15-34(16-12-19)27(38)23-7-3-13-32-23/h1-2,5-6,17-19,23-24,32H,3-4,7-16H2. The SMILES string of the molecule is O=C(C1CCCN1)N1CCC(n2ncc(C(=O)N3CCCC3c3ccccc3C(F)(F)F)c2C2CC2)CC1. The summed E-state index contributed by atoms with van der Waals surface area (Å²) < 4.78 is 43.3. The number of halogens is 3. The van der Waals surface area contributed by atoms with Crippen molar-refractivity contribution in [3.05, 3.63) is 52.8 Å². The van der Waals surface area contributed by atoms with E-state index in [2.05, 4.69) is 10.4 Å². The number of likely N-dealkylation sites (tertiary alicyclic amines) is 2. The lowest BCUT2D eigenvalue weighted by Crippen LogP contribution is -2.47. The van der Waals surface area contributed by atoms with Gasteiger partial charge in [-0.1, -0.05) is 18.2 Å². The molecule has 10 heteroatoms. The summed E-state index contributed by atoms with van der Waals surface area (Å²) in [5, 5.41) is 7.95. The molecule has 38 heavy (non-hydrogen) atoms. The van der Waals surface area contributed by atoms with Crippen LogP contribution in [0.1, 0.15) is 96.5 Å². The minimum atomic E-state index is -4.47. The van der Waals surface area contributed by atoms with E-state index in [0.29, 0.717) is 38.0 Å². The molecule has 6 rings (SSSR count).